The fraction of sp³-hybridized carbons (Fsp3) is 0.250. The molecule has 0 saturated carbocycles. The Morgan fingerprint density at radius 1 is 1.04 bits per heavy atom. The van der Waals surface area contributed by atoms with Gasteiger partial charge in [-0.05, 0) is 36.8 Å². The van der Waals surface area contributed by atoms with Crippen molar-refractivity contribution < 1.29 is 14.4 Å². The highest BCUT2D eigenvalue weighted by Gasteiger charge is 2.34. The summed E-state index contributed by atoms with van der Waals surface area (Å²) in [6, 6.07) is 14.0. The molecule has 3 rings (SSSR count). The number of nitrogens with zero attached hydrogens (tertiary/aromatic N) is 1. The highest BCUT2D eigenvalue weighted by molar-refractivity contribution is 5.97. The Hall–Kier alpha value is -3.35. The van der Waals surface area contributed by atoms with Gasteiger partial charge in [-0.3, -0.25) is 9.59 Å². The number of carbonyl (C=O) groups is 3. The van der Waals surface area contributed by atoms with Crippen LogP contribution < -0.4 is 16.4 Å². The summed E-state index contributed by atoms with van der Waals surface area (Å²) in [7, 11) is 0. The van der Waals surface area contributed by atoms with E-state index < -0.39 is 6.03 Å². The lowest BCUT2D eigenvalue weighted by molar-refractivity contribution is -0.128. The average Bonchev–Trinajstić information content (AvgIpc) is 2.99. The zero-order valence-corrected chi connectivity index (χ0v) is 15.1. The molecule has 0 bridgehead atoms. The van der Waals surface area contributed by atoms with Crippen molar-refractivity contribution >= 4 is 29.2 Å². The summed E-state index contributed by atoms with van der Waals surface area (Å²) < 4.78 is 0. The normalized spacial score (nSPS) is 16.3. The summed E-state index contributed by atoms with van der Waals surface area (Å²) in [6.45, 7) is 2.93. The quantitative estimate of drug-likeness (QED) is 0.757. The van der Waals surface area contributed by atoms with Crippen LogP contribution in [-0.2, 0) is 16.1 Å². The van der Waals surface area contributed by atoms with Gasteiger partial charge in [-0.1, -0.05) is 29.8 Å². The van der Waals surface area contributed by atoms with Crippen molar-refractivity contribution in [3.05, 3.63) is 59.7 Å². The van der Waals surface area contributed by atoms with Crippen molar-refractivity contribution in [1.29, 1.82) is 0 Å². The molecule has 1 unspecified atom stereocenters. The first-order valence-corrected chi connectivity index (χ1v) is 8.71. The highest BCUT2D eigenvalue weighted by Crippen LogP contribution is 2.22. The Labute approximate surface area is 157 Å². The Kier molecular flexibility index (Phi) is 5.40. The molecule has 1 saturated heterocycles. The van der Waals surface area contributed by atoms with E-state index in [0.29, 0.717) is 24.5 Å². The number of nitrogens with one attached hydrogen (secondary N) is 2. The molecule has 1 fully saturated rings. The summed E-state index contributed by atoms with van der Waals surface area (Å²) in [5.41, 5.74) is 8.41. The van der Waals surface area contributed by atoms with E-state index >= 15 is 0 Å². The Morgan fingerprint density at radius 2 is 1.63 bits per heavy atom. The molecule has 27 heavy (non-hydrogen) atoms. The third kappa shape index (κ3) is 4.84. The van der Waals surface area contributed by atoms with Gasteiger partial charge in [0.15, 0.2) is 0 Å². The summed E-state index contributed by atoms with van der Waals surface area (Å²) in [6.07, 6.45) is 0.207. The van der Waals surface area contributed by atoms with E-state index in [-0.39, 0.29) is 24.2 Å². The number of benzene rings is 2. The van der Waals surface area contributed by atoms with Crippen molar-refractivity contribution in [3.8, 4) is 0 Å². The van der Waals surface area contributed by atoms with Gasteiger partial charge in [-0.25, -0.2) is 4.79 Å². The van der Waals surface area contributed by atoms with Gasteiger partial charge in [0.05, 0.1) is 5.92 Å². The SMILES string of the molecule is Cc1ccc(CN2CC(C(=O)Nc3ccc(NC(N)=O)cc3)CC2=O)cc1. The van der Waals surface area contributed by atoms with Gasteiger partial charge < -0.3 is 21.3 Å². The van der Waals surface area contributed by atoms with E-state index in [1.54, 1.807) is 29.2 Å². The minimum Gasteiger partial charge on any atom is -0.351 e. The second-order valence-electron chi connectivity index (χ2n) is 6.72. The maximum Gasteiger partial charge on any atom is 0.316 e. The lowest BCUT2D eigenvalue weighted by Crippen LogP contribution is -2.28. The van der Waals surface area contributed by atoms with Crippen molar-refractivity contribution in [2.45, 2.75) is 19.9 Å². The molecule has 140 valence electrons. The summed E-state index contributed by atoms with van der Waals surface area (Å²) >= 11 is 0. The van der Waals surface area contributed by atoms with Crippen LogP contribution in [-0.4, -0.2) is 29.3 Å². The van der Waals surface area contributed by atoms with Crippen molar-refractivity contribution in [1.82, 2.24) is 4.90 Å². The molecule has 0 aromatic heterocycles. The largest absolute Gasteiger partial charge is 0.351 e. The Balaban J connectivity index is 1.57. The zero-order valence-electron chi connectivity index (χ0n) is 15.1. The molecular formula is C20H22N4O3. The van der Waals surface area contributed by atoms with Crippen LogP contribution in [0.25, 0.3) is 0 Å². The molecule has 4 N–H and O–H groups in total. The van der Waals surface area contributed by atoms with E-state index in [0.717, 1.165) is 5.56 Å². The zero-order chi connectivity index (χ0) is 19.4. The number of rotatable bonds is 5. The summed E-state index contributed by atoms with van der Waals surface area (Å²) in [5.74, 6) is -0.589. The molecule has 2 aromatic rings. The van der Waals surface area contributed by atoms with Crippen LogP contribution in [0.3, 0.4) is 0 Å². The smallest absolute Gasteiger partial charge is 0.316 e. The van der Waals surface area contributed by atoms with Gasteiger partial charge in [0, 0.05) is 30.9 Å². The van der Waals surface area contributed by atoms with Gasteiger partial charge in [0.1, 0.15) is 0 Å². The van der Waals surface area contributed by atoms with Crippen LogP contribution in [0.1, 0.15) is 17.5 Å². The topological polar surface area (TPSA) is 105 Å². The van der Waals surface area contributed by atoms with Gasteiger partial charge in [-0.2, -0.15) is 0 Å². The predicted molar refractivity (Wildman–Crippen MR) is 103 cm³/mol. The molecule has 2 aromatic carbocycles. The lowest BCUT2D eigenvalue weighted by Gasteiger charge is -2.17. The molecule has 1 aliphatic heterocycles. The summed E-state index contributed by atoms with van der Waals surface area (Å²) in [5, 5.41) is 5.27. The van der Waals surface area contributed by atoms with Crippen LogP contribution in [0.15, 0.2) is 48.5 Å². The number of hydrogen-bond acceptors (Lipinski definition) is 3. The molecule has 1 heterocycles. The standard InChI is InChI=1S/C20H22N4O3/c1-13-2-4-14(5-3-13)11-24-12-15(10-18(24)25)19(26)22-16-6-8-17(9-7-16)23-20(21)27/h2-9,15H,10-12H2,1H3,(H,22,26)(H3,21,23,27). The molecular weight excluding hydrogens is 344 g/mol. The van der Waals surface area contributed by atoms with E-state index in [1.165, 1.54) is 5.56 Å². The van der Waals surface area contributed by atoms with E-state index in [9.17, 15) is 14.4 Å². The van der Waals surface area contributed by atoms with Crippen LogP contribution in [0.4, 0.5) is 16.2 Å². The first-order chi connectivity index (χ1) is 12.9. The van der Waals surface area contributed by atoms with E-state index in [4.69, 9.17) is 5.73 Å². The molecule has 7 heteroatoms. The highest BCUT2D eigenvalue weighted by atomic mass is 16.2. The van der Waals surface area contributed by atoms with Crippen LogP contribution in [0, 0.1) is 12.8 Å². The predicted octanol–water partition coefficient (Wildman–Crippen LogP) is 2.47. The molecule has 1 atom stereocenters. The lowest BCUT2D eigenvalue weighted by atomic mass is 10.1. The van der Waals surface area contributed by atoms with Gasteiger partial charge >= 0.3 is 6.03 Å². The molecule has 1 aliphatic rings. The minimum absolute atomic E-state index is 0.0169. The first kappa shape index (κ1) is 18.4. The van der Waals surface area contributed by atoms with E-state index in [1.807, 2.05) is 31.2 Å². The maximum absolute atomic E-state index is 12.5. The van der Waals surface area contributed by atoms with Gasteiger partial charge in [0.2, 0.25) is 11.8 Å². The second-order valence-corrected chi connectivity index (χ2v) is 6.72. The van der Waals surface area contributed by atoms with Crippen molar-refractivity contribution in [2.24, 2.45) is 11.7 Å². The second kappa shape index (κ2) is 7.90. The number of aryl methyl sites for hydroxylation is 1. The number of hydrogen-bond donors (Lipinski definition) is 3. The van der Waals surface area contributed by atoms with E-state index in [2.05, 4.69) is 10.6 Å². The number of primary amides is 1. The molecule has 0 radical (unpaired) electrons. The fourth-order valence-corrected chi connectivity index (χ4v) is 3.04. The Bertz CT molecular complexity index is 847. The number of amides is 4. The molecule has 7 nitrogen and oxygen atoms in total. The first-order valence-electron chi connectivity index (χ1n) is 8.71. The number of urea groups is 1. The van der Waals surface area contributed by atoms with Gasteiger partial charge in [0.25, 0.3) is 0 Å². The maximum atomic E-state index is 12.5. The summed E-state index contributed by atoms with van der Waals surface area (Å²) in [4.78, 5) is 37.3. The third-order valence-corrected chi connectivity index (χ3v) is 4.50. The third-order valence-electron chi connectivity index (χ3n) is 4.50. The fourth-order valence-electron chi connectivity index (χ4n) is 3.04. The minimum atomic E-state index is -0.648. The van der Waals surface area contributed by atoms with Gasteiger partial charge in [-0.15, -0.1) is 0 Å². The number of anilines is 2. The monoisotopic (exact) mass is 366 g/mol. The average molecular weight is 366 g/mol. The molecule has 4 amide bonds. The Morgan fingerprint density at radius 3 is 2.22 bits per heavy atom. The van der Waals surface area contributed by atoms with Crippen LogP contribution in [0.2, 0.25) is 0 Å². The van der Waals surface area contributed by atoms with Crippen LogP contribution in [0.5, 0.6) is 0 Å². The molecule has 0 aliphatic carbocycles. The number of carbonyl (C=O) groups excluding carboxylic acids is 3. The number of likely N-dealkylation sites (tertiary alicyclic amines) is 1. The number of nitrogens with two attached hydrogens (primary N) is 1. The van der Waals surface area contributed by atoms with Crippen molar-refractivity contribution in [3.63, 3.8) is 0 Å². The van der Waals surface area contributed by atoms with Crippen molar-refractivity contribution in [2.75, 3.05) is 17.2 Å². The van der Waals surface area contributed by atoms with Crippen LogP contribution >= 0.6 is 0 Å². The molecule has 0 spiro atoms.